The highest BCUT2D eigenvalue weighted by molar-refractivity contribution is 9.10. The van der Waals surface area contributed by atoms with Crippen LogP contribution in [0.2, 0.25) is 0 Å². The summed E-state index contributed by atoms with van der Waals surface area (Å²) in [5.74, 6) is -1.34. The van der Waals surface area contributed by atoms with Crippen LogP contribution in [0.1, 0.15) is 25.0 Å². The Hall–Kier alpha value is -0.940. The summed E-state index contributed by atoms with van der Waals surface area (Å²) in [6.45, 7) is 3.31. The smallest absolute Gasteiger partial charge is 0.309 e. The molecule has 0 saturated heterocycles. The molecule has 0 aliphatic rings. The van der Waals surface area contributed by atoms with Crippen molar-refractivity contribution in [2.75, 3.05) is 7.11 Å². The van der Waals surface area contributed by atoms with Crippen molar-refractivity contribution in [3.8, 4) is 0 Å². The number of aliphatic carboxylic acids is 1. The molecule has 3 nitrogen and oxygen atoms in total. The first-order valence-electron chi connectivity index (χ1n) is 5.47. The first-order valence-corrected chi connectivity index (χ1v) is 6.26. The molecule has 0 fully saturated rings. The molecule has 1 N–H and O–H groups in total. The lowest BCUT2D eigenvalue weighted by Gasteiger charge is -2.20. The second kappa shape index (κ2) is 5.80. The van der Waals surface area contributed by atoms with E-state index in [2.05, 4.69) is 15.9 Å². The van der Waals surface area contributed by atoms with E-state index in [4.69, 9.17) is 9.84 Å². The molecule has 0 bridgehead atoms. The molecule has 0 amide bonds. The van der Waals surface area contributed by atoms with Crippen molar-refractivity contribution in [3.05, 3.63) is 33.5 Å². The number of benzene rings is 1. The fourth-order valence-electron chi connectivity index (χ4n) is 1.65. The summed E-state index contributed by atoms with van der Waals surface area (Å²) in [4.78, 5) is 11.1. The van der Waals surface area contributed by atoms with Crippen LogP contribution in [-0.2, 0) is 22.6 Å². The molecule has 0 heterocycles. The maximum absolute atomic E-state index is 14.1. The van der Waals surface area contributed by atoms with E-state index in [0.29, 0.717) is 15.6 Å². The molecule has 0 aliphatic carbocycles. The van der Waals surface area contributed by atoms with Gasteiger partial charge in [0.25, 0.3) is 0 Å². The Morgan fingerprint density at radius 1 is 1.44 bits per heavy atom. The third-order valence-electron chi connectivity index (χ3n) is 2.70. The number of carboxylic acid groups (broad SMARTS) is 1. The number of methoxy groups -OCH3 is 1. The van der Waals surface area contributed by atoms with Crippen LogP contribution >= 0.6 is 15.9 Å². The lowest BCUT2D eigenvalue weighted by molar-refractivity contribution is -0.146. The first-order chi connectivity index (χ1) is 8.27. The summed E-state index contributed by atoms with van der Waals surface area (Å²) in [5, 5.41) is 9.08. The molecule has 18 heavy (non-hydrogen) atoms. The molecular formula is C13H16BrFO3. The van der Waals surface area contributed by atoms with Crippen molar-refractivity contribution in [2.24, 2.45) is 5.41 Å². The number of ether oxygens (including phenoxy) is 1. The summed E-state index contributed by atoms with van der Waals surface area (Å²) < 4.78 is 19.8. The molecular weight excluding hydrogens is 303 g/mol. The minimum Gasteiger partial charge on any atom is -0.481 e. The van der Waals surface area contributed by atoms with E-state index < -0.39 is 17.2 Å². The average molecular weight is 319 g/mol. The number of halogens is 2. The summed E-state index contributed by atoms with van der Waals surface area (Å²) in [6, 6.07) is 3.25. The molecule has 0 radical (unpaired) electrons. The number of rotatable bonds is 5. The van der Waals surface area contributed by atoms with Crippen LogP contribution in [0.4, 0.5) is 4.39 Å². The van der Waals surface area contributed by atoms with Gasteiger partial charge in [-0.1, -0.05) is 15.9 Å². The van der Waals surface area contributed by atoms with Crippen molar-refractivity contribution in [1.29, 1.82) is 0 Å². The van der Waals surface area contributed by atoms with Gasteiger partial charge in [0.1, 0.15) is 5.82 Å². The first kappa shape index (κ1) is 15.1. The lowest BCUT2D eigenvalue weighted by atomic mass is 9.85. The lowest BCUT2D eigenvalue weighted by Crippen LogP contribution is -2.26. The molecule has 1 aromatic carbocycles. The van der Waals surface area contributed by atoms with E-state index in [-0.39, 0.29) is 13.0 Å². The van der Waals surface area contributed by atoms with Crippen molar-refractivity contribution < 1.29 is 19.0 Å². The van der Waals surface area contributed by atoms with Gasteiger partial charge < -0.3 is 9.84 Å². The highest BCUT2D eigenvalue weighted by Crippen LogP contribution is 2.28. The molecule has 0 aliphatic heterocycles. The van der Waals surface area contributed by atoms with Gasteiger partial charge in [-0.25, -0.2) is 4.39 Å². The van der Waals surface area contributed by atoms with Gasteiger partial charge in [-0.05, 0) is 38.0 Å². The quantitative estimate of drug-likeness (QED) is 0.905. The Kier molecular flexibility index (Phi) is 4.87. The zero-order chi connectivity index (χ0) is 13.9. The van der Waals surface area contributed by atoms with Gasteiger partial charge in [-0.2, -0.15) is 0 Å². The normalized spacial score (nSPS) is 11.6. The van der Waals surface area contributed by atoms with Crippen molar-refractivity contribution in [1.82, 2.24) is 0 Å². The Morgan fingerprint density at radius 3 is 2.50 bits per heavy atom. The van der Waals surface area contributed by atoms with E-state index in [1.165, 1.54) is 7.11 Å². The SMILES string of the molecule is COCc1cc(Br)cc(CC(C)(C)C(=O)O)c1F. The van der Waals surface area contributed by atoms with E-state index >= 15 is 0 Å². The predicted octanol–water partition coefficient (Wildman–Crippen LogP) is 3.39. The van der Waals surface area contributed by atoms with Crippen molar-refractivity contribution >= 4 is 21.9 Å². The number of carboxylic acids is 1. The topological polar surface area (TPSA) is 46.5 Å². The van der Waals surface area contributed by atoms with Crippen LogP contribution in [-0.4, -0.2) is 18.2 Å². The van der Waals surface area contributed by atoms with Crippen LogP contribution < -0.4 is 0 Å². The van der Waals surface area contributed by atoms with E-state index in [1.807, 2.05) is 0 Å². The Bertz CT molecular complexity index is 458. The predicted molar refractivity (Wildman–Crippen MR) is 69.9 cm³/mol. The monoisotopic (exact) mass is 318 g/mol. The molecule has 1 aromatic rings. The Morgan fingerprint density at radius 2 is 2.00 bits per heavy atom. The van der Waals surface area contributed by atoms with E-state index in [9.17, 15) is 9.18 Å². The maximum Gasteiger partial charge on any atom is 0.309 e. The number of carbonyl (C=O) groups is 1. The standard InChI is InChI=1S/C13H16BrFO3/c1-13(2,12(16)17)6-8-4-10(14)5-9(7-18-3)11(8)15/h4-5H,6-7H2,1-3H3,(H,16,17). The highest BCUT2D eigenvalue weighted by atomic mass is 79.9. The van der Waals surface area contributed by atoms with Crippen LogP contribution in [0.25, 0.3) is 0 Å². The van der Waals surface area contributed by atoms with Gasteiger partial charge in [0.05, 0.1) is 12.0 Å². The minimum absolute atomic E-state index is 0.129. The molecule has 0 atom stereocenters. The fourth-order valence-corrected chi connectivity index (χ4v) is 2.20. The average Bonchev–Trinajstić information content (AvgIpc) is 2.24. The molecule has 0 saturated carbocycles. The van der Waals surface area contributed by atoms with Gasteiger partial charge in [0.15, 0.2) is 0 Å². The second-order valence-corrected chi connectivity index (χ2v) is 5.75. The maximum atomic E-state index is 14.1. The Balaban J connectivity index is 3.13. The summed E-state index contributed by atoms with van der Waals surface area (Å²) in [7, 11) is 1.49. The van der Waals surface area contributed by atoms with Gasteiger partial charge in [0.2, 0.25) is 0 Å². The molecule has 0 unspecified atom stereocenters. The van der Waals surface area contributed by atoms with E-state index in [0.717, 1.165) is 0 Å². The highest BCUT2D eigenvalue weighted by Gasteiger charge is 2.29. The molecule has 0 spiro atoms. The number of hydrogen-bond acceptors (Lipinski definition) is 2. The number of hydrogen-bond donors (Lipinski definition) is 1. The van der Waals surface area contributed by atoms with Crippen molar-refractivity contribution in [3.63, 3.8) is 0 Å². The van der Waals surface area contributed by atoms with Crippen LogP contribution in [0.3, 0.4) is 0 Å². The van der Waals surface area contributed by atoms with Crippen molar-refractivity contribution in [2.45, 2.75) is 26.9 Å². The van der Waals surface area contributed by atoms with Crippen LogP contribution in [0, 0.1) is 11.2 Å². The third kappa shape index (κ3) is 3.53. The van der Waals surface area contributed by atoms with Crippen LogP contribution in [0.15, 0.2) is 16.6 Å². The van der Waals surface area contributed by atoms with Gasteiger partial charge in [-0.3, -0.25) is 4.79 Å². The minimum atomic E-state index is -1.01. The van der Waals surface area contributed by atoms with Gasteiger partial charge in [-0.15, -0.1) is 0 Å². The van der Waals surface area contributed by atoms with Crippen LogP contribution in [0.5, 0.6) is 0 Å². The molecule has 1 rings (SSSR count). The second-order valence-electron chi connectivity index (χ2n) is 4.84. The van der Waals surface area contributed by atoms with Gasteiger partial charge in [0, 0.05) is 17.1 Å². The zero-order valence-electron chi connectivity index (χ0n) is 10.6. The molecule has 100 valence electrons. The molecule has 5 heteroatoms. The third-order valence-corrected chi connectivity index (χ3v) is 3.16. The van der Waals surface area contributed by atoms with E-state index in [1.54, 1.807) is 26.0 Å². The molecule has 0 aromatic heterocycles. The Labute approximate surface area is 114 Å². The zero-order valence-corrected chi connectivity index (χ0v) is 12.2. The largest absolute Gasteiger partial charge is 0.481 e. The summed E-state index contributed by atoms with van der Waals surface area (Å²) in [5.41, 5.74) is -0.210. The summed E-state index contributed by atoms with van der Waals surface area (Å²) >= 11 is 3.29. The van der Waals surface area contributed by atoms with Gasteiger partial charge >= 0.3 is 5.97 Å². The summed E-state index contributed by atoms with van der Waals surface area (Å²) in [6.07, 6.45) is 0.129. The fraction of sp³-hybridized carbons (Fsp3) is 0.462.